The third kappa shape index (κ3) is 31.3. The SMILES string of the molecule is CCCCCCCCCc1ccc(OCCOCCOCCOCCOCCOCCOCCOCCOCCOCCOc2ccc(NC(C)=O)cc2)cc1. The van der Waals surface area contributed by atoms with Crippen LogP contribution < -0.4 is 14.8 Å². The maximum atomic E-state index is 11.1. The molecule has 0 radical (unpaired) electrons. The van der Waals surface area contributed by atoms with Crippen molar-refractivity contribution in [3.8, 4) is 11.5 Å². The molecule has 0 spiro atoms. The number of anilines is 1. The van der Waals surface area contributed by atoms with Gasteiger partial charge in [0.05, 0.1) is 119 Å². The Labute approximate surface area is 336 Å². The van der Waals surface area contributed by atoms with Gasteiger partial charge in [-0.25, -0.2) is 0 Å². The number of carbonyl (C=O) groups excluding carboxylic acids is 1. The maximum Gasteiger partial charge on any atom is 0.221 e. The van der Waals surface area contributed by atoms with Crippen LogP contribution in [0.25, 0.3) is 0 Å². The molecule has 0 aromatic heterocycles. The summed E-state index contributed by atoms with van der Waals surface area (Å²) in [6, 6.07) is 15.6. The second kappa shape index (κ2) is 37.7. The van der Waals surface area contributed by atoms with Gasteiger partial charge >= 0.3 is 0 Å². The highest BCUT2D eigenvalue weighted by atomic mass is 16.6. The molecule has 0 unspecified atom stereocenters. The van der Waals surface area contributed by atoms with Gasteiger partial charge in [-0.1, -0.05) is 57.6 Å². The normalized spacial score (nSPS) is 11.2. The van der Waals surface area contributed by atoms with E-state index in [9.17, 15) is 4.79 Å². The van der Waals surface area contributed by atoms with Crippen LogP contribution in [-0.2, 0) is 53.8 Å². The van der Waals surface area contributed by atoms with Crippen molar-refractivity contribution in [1.29, 1.82) is 0 Å². The largest absolute Gasteiger partial charge is 0.491 e. The molecule has 2 rings (SSSR count). The molecule has 0 fully saturated rings. The van der Waals surface area contributed by atoms with Crippen molar-refractivity contribution in [1.82, 2.24) is 0 Å². The summed E-state index contributed by atoms with van der Waals surface area (Å²) in [6.45, 7) is 13.7. The number of benzene rings is 2. The Morgan fingerprint density at radius 2 is 0.714 bits per heavy atom. The molecule has 1 amide bonds. The summed E-state index contributed by atoms with van der Waals surface area (Å²) in [5, 5.41) is 2.71. The number of aryl methyl sites for hydroxylation is 1. The van der Waals surface area contributed by atoms with Crippen LogP contribution in [0.15, 0.2) is 48.5 Å². The molecule has 320 valence electrons. The van der Waals surface area contributed by atoms with Crippen molar-refractivity contribution < 1.29 is 56.9 Å². The first kappa shape index (κ1) is 49.3. The van der Waals surface area contributed by atoms with Crippen molar-refractivity contribution in [3.05, 3.63) is 54.1 Å². The lowest BCUT2D eigenvalue weighted by Crippen LogP contribution is -2.15. The lowest BCUT2D eigenvalue weighted by Gasteiger charge is -2.09. The van der Waals surface area contributed by atoms with E-state index in [0.717, 1.165) is 23.6 Å². The third-order valence-electron chi connectivity index (χ3n) is 8.14. The average molecular weight is 794 g/mol. The number of rotatable bonds is 41. The van der Waals surface area contributed by atoms with E-state index in [1.54, 1.807) is 24.3 Å². The molecular weight excluding hydrogens is 722 g/mol. The summed E-state index contributed by atoms with van der Waals surface area (Å²) in [4.78, 5) is 11.1. The fourth-order valence-corrected chi connectivity index (χ4v) is 5.17. The number of hydrogen-bond acceptors (Lipinski definition) is 12. The maximum absolute atomic E-state index is 11.1. The summed E-state index contributed by atoms with van der Waals surface area (Å²) in [5.74, 6) is 1.49. The van der Waals surface area contributed by atoms with Gasteiger partial charge in [-0.15, -0.1) is 0 Å². The Morgan fingerprint density at radius 3 is 1.05 bits per heavy atom. The van der Waals surface area contributed by atoms with Crippen LogP contribution in [0.1, 0.15) is 64.4 Å². The molecule has 13 heteroatoms. The molecule has 0 aliphatic rings. The monoisotopic (exact) mass is 793 g/mol. The first-order valence-corrected chi connectivity index (χ1v) is 20.6. The Balaban J connectivity index is 1.19. The van der Waals surface area contributed by atoms with Crippen LogP contribution in [0.4, 0.5) is 5.69 Å². The molecule has 0 saturated heterocycles. The van der Waals surface area contributed by atoms with E-state index in [4.69, 9.17) is 52.1 Å². The number of hydrogen-bond donors (Lipinski definition) is 1. The van der Waals surface area contributed by atoms with E-state index in [2.05, 4.69) is 36.5 Å². The minimum atomic E-state index is -0.107. The van der Waals surface area contributed by atoms with Crippen LogP contribution >= 0.6 is 0 Å². The highest BCUT2D eigenvalue weighted by molar-refractivity contribution is 5.88. The van der Waals surface area contributed by atoms with Crippen LogP contribution in [0.3, 0.4) is 0 Å². The predicted molar refractivity (Wildman–Crippen MR) is 217 cm³/mol. The van der Waals surface area contributed by atoms with E-state index in [0.29, 0.717) is 132 Å². The van der Waals surface area contributed by atoms with Gasteiger partial charge in [0.15, 0.2) is 0 Å². The van der Waals surface area contributed by atoms with Gasteiger partial charge in [-0.05, 0) is 54.8 Å². The zero-order chi connectivity index (χ0) is 39.8. The summed E-state index contributed by atoms with van der Waals surface area (Å²) < 4.78 is 61.1. The van der Waals surface area contributed by atoms with E-state index in [-0.39, 0.29) is 5.91 Å². The minimum absolute atomic E-state index is 0.107. The number of nitrogens with one attached hydrogen (secondary N) is 1. The molecule has 1 N–H and O–H groups in total. The van der Waals surface area contributed by atoms with Crippen LogP contribution in [-0.4, -0.2) is 138 Å². The number of carbonyl (C=O) groups is 1. The summed E-state index contributed by atoms with van der Waals surface area (Å²) in [5.41, 5.74) is 2.11. The van der Waals surface area contributed by atoms with Gasteiger partial charge in [0.25, 0.3) is 0 Å². The number of amides is 1. The Hall–Kier alpha value is -2.85. The molecule has 13 nitrogen and oxygen atoms in total. The van der Waals surface area contributed by atoms with Crippen molar-refractivity contribution in [2.45, 2.75) is 65.2 Å². The fraction of sp³-hybridized carbons (Fsp3) is 0.698. The Kier molecular flexibility index (Phi) is 33.2. The van der Waals surface area contributed by atoms with Gasteiger partial charge in [-0.3, -0.25) is 4.79 Å². The molecule has 2 aromatic rings. The zero-order valence-electron chi connectivity index (χ0n) is 34.3. The third-order valence-corrected chi connectivity index (χ3v) is 8.14. The second-order valence-corrected chi connectivity index (χ2v) is 12.9. The van der Waals surface area contributed by atoms with Crippen molar-refractivity contribution in [2.75, 3.05) is 137 Å². The van der Waals surface area contributed by atoms with Gasteiger partial charge < -0.3 is 57.4 Å². The molecular formula is C43H71NO12. The first-order valence-electron chi connectivity index (χ1n) is 20.6. The minimum Gasteiger partial charge on any atom is -0.491 e. The quantitative estimate of drug-likeness (QED) is 0.0734. The fourth-order valence-electron chi connectivity index (χ4n) is 5.17. The Morgan fingerprint density at radius 1 is 0.411 bits per heavy atom. The summed E-state index contributed by atoms with van der Waals surface area (Å²) in [7, 11) is 0. The molecule has 0 saturated carbocycles. The highest BCUT2D eigenvalue weighted by Crippen LogP contribution is 2.16. The van der Waals surface area contributed by atoms with E-state index in [1.807, 2.05) is 0 Å². The van der Waals surface area contributed by atoms with Gasteiger partial charge in [0.2, 0.25) is 5.91 Å². The number of ether oxygens (including phenoxy) is 11. The molecule has 0 aliphatic carbocycles. The second-order valence-electron chi connectivity index (χ2n) is 12.9. The van der Waals surface area contributed by atoms with Gasteiger partial charge in [-0.2, -0.15) is 0 Å². The van der Waals surface area contributed by atoms with Crippen molar-refractivity contribution in [2.24, 2.45) is 0 Å². The van der Waals surface area contributed by atoms with Gasteiger partial charge in [0, 0.05) is 12.6 Å². The molecule has 0 heterocycles. The molecule has 0 bridgehead atoms. The molecule has 0 atom stereocenters. The standard InChI is InChI=1S/C43H71NO12/c1-3-4-5-6-7-8-9-10-40-11-15-42(16-12-40)55-37-35-53-33-31-51-29-27-49-25-23-47-21-19-46-20-22-48-24-26-50-28-30-52-32-34-54-36-38-56-43-17-13-41(14-18-43)44-39(2)45/h11-18H,3-10,19-38H2,1-2H3,(H,44,45). The topological polar surface area (TPSA) is 131 Å². The summed E-state index contributed by atoms with van der Waals surface area (Å²) in [6.07, 6.45) is 10.5. The zero-order valence-corrected chi connectivity index (χ0v) is 34.3. The first-order chi connectivity index (χ1) is 27.7. The van der Waals surface area contributed by atoms with E-state index < -0.39 is 0 Å². The predicted octanol–water partition coefficient (Wildman–Crippen LogP) is 6.55. The lowest BCUT2D eigenvalue weighted by molar-refractivity contribution is -0.114. The highest BCUT2D eigenvalue weighted by Gasteiger charge is 2.01. The molecule has 2 aromatic carbocycles. The van der Waals surface area contributed by atoms with Crippen LogP contribution in [0.2, 0.25) is 0 Å². The van der Waals surface area contributed by atoms with Gasteiger partial charge in [0.1, 0.15) is 24.7 Å². The Bertz CT molecular complexity index is 1140. The van der Waals surface area contributed by atoms with Crippen LogP contribution in [0.5, 0.6) is 11.5 Å². The molecule has 0 aliphatic heterocycles. The summed E-state index contributed by atoms with van der Waals surface area (Å²) >= 11 is 0. The smallest absolute Gasteiger partial charge is 0.221 e. The lowest BCUT2D eigenvalue weighted by atomic mass is 10.0. The molecule has 56 heavy (non-hydrogen) atoms. The average Bonchev–Trinajstić information content (AvgIpc) is 3.20. The van der Waals surface area contributed by atoms with Crippen molar-refractivity contribution in [3.63, 3.8) is 0 Å². The number of unbranched alkanes of at least 4 members (excludes halogenated alkanes) is 6. The van der Waals surface area contributed by atoms with E-state index >= 15 is 0 Å². The van der Waals surface area contributed by atoms with Crippen LogP contribution in [0, 0.1) is 0 Å². The van der Waals surface area contributed by atoms with E-state index in [1.165, 1.54) is 57.4 Å². The van der Waals surface area contributed by atoms with Crippen molar-refractivity contribution >= 4 is 11.6 Å².